The van der Waals surface area contributed by atoms with Gasteiger partial charge in [-0.1, -0.05) is 24.3 Å². The van der Waals surface area contributed by atoms with Crippen LogP contribution in [0.5, 0.6) is 5.75 Å². The number of benzene rings is 2. The third kappa shape index (κ3) is 3.94. The SMILES string of the molecule is O=C(O)CC1(SCCCc2cccc(O)c2)Nc2ccccc2N1. The van der Waals surface area contributed by atoms with Crippen LogP contribution in [0.1, 0.15) is 18.4 Å². The number of aryl methyl sites for hydroxylation is 1. The molecule has 24 heavy (non-hydrogen) atoms. The lowest BCUT2D eigenvalue weighted by atomic mass is 10.1. The summed E-state index contributed by atoms with van der Waals surface area (Å²) >= 11 is 1.57. The summed E-state index contributed by atoms with van der Waals surface area (Å²) < 4.78 is 0. The molecule has 3 rings (SSSR count). The Morgan fingerprint density at radius 2 is 1.79 bits per heavy atom. The number of phenolic OH excluding ortho intramolecular Hbond substituents is 1. The molecule has 2 aromatic rings. The summed E-state index contributed by atoms with van der Waals surface area (Å²) in [5.74, 6) is 0.233. The number of hydrogen-bond donors (Lipinski definition) is 4. The normalized spacial score (nSPS) is 14.5. The van der Waals surface area contributed by atoms with Gasteiger partial charge in [0.25, 0.3) is 0 Å². The zero-order valence-corrected chi connectivity index (χ0v) is 14.0. The molecule has 0 spiro atoms. The molecule has 0 fully saturated rings. The fourth-order valence-electron chi connectivity index (χ4n) is 2.83. The summed E-state index contributed by atoms with van der Waals surface area (Å²) in [6.07, 6.45) is 1.73. The van der Waals surface area contributed by atoms with Crippen molar-refractivity contribution in [2.75, 3.05) is 16.4 Å². The highest BCUT2D eigenvalue weighted by atomic mass is 32.2. The number of thioether (sulfide) groups is 1. The Labute approximate surface area is 145 Å². The molecule has 0 saturated carbocycles. The number of carboxylic acid groups (broad SMARTS) is 1. The van der Waals surface area contributed by atoms with Crippen LogP contribution in [0.4, 0.5) is 11.4 Å². The van der Waals surface area contributed by atoms with E-state index in [4.69, 9.17) is 0 Å². The lowest BCUT2D eigenvalue weighted by Crippen LogP contribution is -2.40. The molecule has 0 radical (unpaired) electrons. The first-order chi connectivity index (χ1) is 11.6. The highest BCUT2D eigenvalue weighted by Gasteiger charge is 2.38. The topological polar surface area (TPSA) is 81.6 Å². The van der Waals surface area contributed by atoms with Gasteiger partial charge in [0.15, 0.2) is 4.99 Å². The minimum absolute atomic E-state index is 0.0154. The molecule has 1 heterocycles. The van der Waals surface area contributed by atoms with E-state index < -0.39 is 11.0 Å². The van der Waals surface area contributed by atoms with E-state index in [9.17, 15) is 15.0 Å². The maximum Gasteiger partial charge on any atom is 0.308 e. The number of anilines is 2. The minimum Gasteiger partial charge on any atom is -0.508 e. The molecule has 5 nitrogen and oxygen atoms in total. The second kappa shape index (κ2) is 7.05. The van der Waals surface area contributed by atoms with Crippen LogP contribution in [0.2, 0.25) is 0 Å². The molecular weight excluding hydrogens is 324 g/mol. The molecule has 126 valence electrons. The summed E-state index contributed by atoms with van der Waals surface area (Å²) in [4.78, 5) is 10.6. The van der Waals surface area contributed by atoms with E-state index in [2.05, 4.69) is 10.6 Å². The van der Waals surface area contributed by atoms with E-state index in [0.29, 0.717) is 0 Å². The Morgan fingerprint density at radius 1 is 1.08 bits per heavy atom. The van der Waals surface area contributed by atoms with E-state index in [1.54, 1.807) is 23.9 Å². The van der Waals surface area contributed by atoms with Crippen LogP contribution < -0.4 is 10.6 Å². The van der Waals surface area contributed by atoms with Crippen molar-refractivity contribution in [3.05, 3.63) is 54.1 Å². The number of carboxylic acids is 1. The smallest absolute Gasteiger partial charge is 0.308 e. The van der Waals surface area contributed by atoms with Crippen molar-refractivity contribution < 1.29 is 15.0 Å². The lowest BCUT2D eigenvalue weighted by Gasteiger charge is -2.28. The fourth-order valence-corrected chi connectivity index (χ4v) is 4.05. The van der Waals surface area contributed by atoms with Crippen LogP contribution in [0.3, 0.4) is 0 Å². The number of aromatic hydroxyl groups is 1. The molecule has 0 aliphatic carbocycles. The first-order valence-corrected chi connectivity index (χ1v) is 8.84. The molecule has 0 aromatic heterocycles. The lowest BCUT2D eigenvalue weighted by molar-refractivity contribution is -0.137. The second-order valence-corrected chi connectivity index (χ2v) is 7.21. The van der Waals surface area contributed by atoms with Gasteiger partial charge in [-0.05, 0) is 48.4 Å². The van der Waals surface area contributed by atoms with Gasteiger partial charge in [-0.2, -0.15) is 0 Å². The highest BCUT2D eigenvalue weighted by Crippen LogP contribution is 2.41. The largest absolute Gasteiger partial charge is 0.508 e. The summed E-state index contributed by atoms with van der Waals surface area (Å²) in [5, 5.41) is 25.4. The van der Waals surface area contributed by atoms with Gasteiger partial charge in [0.1, 0.15) is 5.75 Å². The highest BCUT2D eigenvalue weighted by molar-refractivity contribution is 8.00. The summed E-state index contributed by atoms with van der Waals surface area (Å²) in [6, 6.07) is 15.0. The van der Waals surface area contributed by atoms with Crippen molar-refractivity contribution in [2.45, 2.75) is 24.3 Å². The number of phenols is 1. The molecule has 6 heteroatoms. The predicted molar refractivity (Wildman–Crippen MR) is 97.6 cm³/mol. The molecule has 0 bridgehead atoms. The predicted octanol–water partition coefficient (Wildman–Crippen LogP) is 3.72. The van der Waals surface area contributed by atoms with Crippen LogP contribution in [0.15, 0.2) is 48.5 Å². The van der Waals surface area contributed by atoms with Crippen LogP contribution >= 0.6 is 11.8 Å². The fraction of sp³-hybridized carbons (Fsp3) is 0.278. The maximum absolute atomic E-state index is 11.3. The molecule has 2 aromatic carbocycles. The molecule has 0 saturated heterocycles. The van der Waals surface area contributed by atoms with Crippen molar-refractivity contribution in [3.8, 4) is 5.75 Å². The number of fused-ring (bicyclic) bond motifs is 1. The first kappa shape index (κ1) is 16.5. The number of rotatable bonds is 7. The number of aliphatic carboxylic acids is 1. The van der Waals surface area contributed by atoms with Gasteiger partial charge in [-0.3, -0.25) is 4.79 Å². The van der Waals surface area contributed by atoms with Gasteiger partial charge in [0.05, 0.1) is 17.8 Å². The molecule has 4 N–H and O–H groups in total. The van der Waals surface area contributed by atoms with Crippen LogP contribution in [0, 0.1) is 0 Å². The number of carbonyl (C=O) groups is 1. The third-order valence-corrected chi connectivity index (χ3v) is 5.20. The van der Waals surface area contributed by atoms with E-state index in [0.717, 1.165) is 35.5 Å². The molecule has 0 atom stereocenters. The Hall–Kier alpha value is -2.34. The number of hydrogen-bond acceptors (Lipinski definition) is 5. The van der Waals surface area contributed by atoms with E-state index >= 15 is 0 Å². The molecule has 1 aliphatic rings. The maximum atomic E-state index is 11.3. The molecule has 0 amide bonds. The second-order valence-electron chi connectivity index (χ2n) is 5.82. The average molecular weight is 344 g/mol. The van der Waals surface area contributed by atoms with E-state index in [1.165, 1.54) is 0 Å². The third-order valence-electron chi connectivity index (χ3n) is 3.87. The van der Waals surface area contributed by atoms with Crippen molar-refractivity contribution >= 4 is 29.1 Å². The standard InChI is InChI=1S/C18H20N2O3S/c21-14-7-3-5-13(11-14)6-4-10-24-18(12-17(22)23)19-15-8-1-2-9-16(15)20-18/h1-3,5,7-9,11,19-21H,4,6,10,12H2,(H,22,23). The molecular formula is C18H20N2O3S. The Balaban J connectivity index is 1.59. The summed E-state index contributed by atoms with van der Waals surface area (Å²) in [7, 11) is 0. The summed E-state index contributed by atoms with van der Waals surface area (Å²) in [6.45, 7) is 0. The quantitative estimate of drug-likeness (QED) is 0.573. The summed E-state index contributed by atoms with van der Waals surface area (Å²) in [5.41, 5.74) is 2.94. The zero-order valence-electron chi connectivity index (χ0n) is 13.2. The molecule has 0 unspecified atom stereocenters. The van der Waals surface area contributed by atoms with E-state index in [1.807, 2.05) is 36.4 Å². The van der Waals surface area contributed by atoms with Crippen LogP contribution in [0.25, 0.3) is 0 Å². The number of nitrogens with one attached hydrogen (secondary N) is 2. The van der Waals surface area contributed by atoms with Gasteiger partial charge in [-0.15, -0.1) is 11.8 Å². The van der Waals surface area contributed by atoms with Gasteiger partial charge < -0.3 is 20.8 Å². The Kier molecular flexibility index (Phi) is 4.85. The first-order valence-electron chi connectivity index (χ1n) is 7.85. The Morgan fingerprint density at radius 3 is 2.42 bits per heavy atom. The zero-order chi connectivity index (χ0) is 17.0. The van der Waals surface area contributed by atoms with Gasteiger partial charge in [0, 0.05) is 0 Å². The monoisotopic (exact) mass is 344 g/mol. The van der Waals surface area contributed by atoms with E-state index in [-0.39, 0.29) is 12.2 Å². The van der Waals surface area contributed by atoms with Crippen molar-refractivity contribution in [3.63, 3.8) is 0 Å². The van der Waals surface area contributed by atoms with Crippen LogP contribution in [-0.4, -0.2) is 26.9 Å². The van der Waals surface area contributed by atoms with Gasteiger partial charge in [-0.25, -0.2) is 0 Å². The van der Waals surface area contributed by atoms with Crippen molar-refractivity contribution in [2.24, 2.45) is 0 Å². The van der Waals surface area contributed by atoms with Crippen molar-refractivity contribution in [1.82, 2.24) is 0 Å². The van der Waals surface area contributed by atoms with Gasteiger partial charge in [0.2, 0.25) is 0 Å². The Bertz CT molecular complexity index is 711. The van der Waals surface area contributed by atoms with Gasteiger partial charge >= 0.3 is 5.97 Å². The van der Waals surface area contributed by atoms with Crippen LogP contribution in [-0.2, 0) is 11.2 Å². The average Bonchev–Trinajstić information content (AvgIpc) is 2.89. The number of para-hydroxylation sites is 2. The van der Waals surface area contributed by atoms with Crippen molar-refractivity contribution in [1.29, 1.82) is 0 Å². The minimum atomic E-state index is -0.844. The molecule has 1 aliphatic heterocycles.